The Balaban J connectivity index is 2.96. The van der Waals surface area contributed by atoms with Gasteiger partial charge in [0.15, 0.2) is 23.3 Å². The van der Waals surface area contributed by atoms with Gasteiger partial charge in [0.1, 0.15) is 5.69 Å². The highest BCUT2D eigenvalue weighted by atomic mass is 19.2. The van der Waals surface area contributed by atoms with E-state index in [9.17, 15) is 26.7 Å². The van der Waals surface area contributed by atoms with Gasteiger partial charge in [-0.15, -0.1) is 0 Å². The summed E-state index contributed by atoms with van der Waals surface area (Å²) < 4.78 is 65.2. The molecule has 2 N–H and O–H groups in total. The summed E-state index contributed by atoms with van der Waals surface area (Å²) in [5.74, 6) is -11.4. The molecule has 1 atom stereocenters. The molecule has 0 aliphatic heterocycles. The normalized spacial score (nSPS) is 12.3. The first kappa shape index (κ1) is 16.4. The molecule has 0 spiro atoms. The number of anilines is 1. The average Bonchev–Trinajstić information content (AvgIpc) is 2.39. The predicted octanol–water partition coefficient (Wildman–Crippen LogP) is 2.71. The number of rotatable bonds is 5. The summed E-state index contributed by atoms with van der Waals surface area (Å²) in [6.07, 6.45) is -0.173. The summed E-state index contributed by atoms with van der Waals surface area (Å²) in [6.45, 7) is 4.00. The third-order valence-corrected chi connectivity index (χ3v) is 2.52. The molecule has 112 valence electrons. The summed E-state index contributed by atoms with van der Waals surface area (Å²) in [7, 11) is 0. The van der Waals surface area contributed by atoms with E-state index < -0.39 is 40.7 Å². The van der Waals surface area contributed by atoms with Crippen LogP contribution in [0.5, 0.6) is 0 Å². The number of halogens is 5. The van der Waals surface area contributed by atoms with E-state index in [1.165, 1.54) is 0 Å². The van der Waals surface area contributed by atoms with E-state index in [1.54, 1.807) is 19.2 Å². The average molecular weight is 296 g/mol. The minimum atomic E-state index is -2.26. The smallest absolute Gasteiger partial charge is 0.226 e. The van der Waals surface area contributed by atoms with Crippen LogP contribution in [0.25, 0.3) is 0 Å². The summed E-state index contributed by atoms with van der Waals surface area (Å²) in [4.78, 5) is 11.5. The van der Waals surface area contributed by atoms with Crippen molar-refractivity contribution in [2.45, 2.75) is 26.3 Å². The van der Waals surface area contributed by atoms with Crippen LogP contribution >= 0.6 is 0 Å². The standard InChI is InChI=1S/C12H13F5N2O/c1-3-18-5(2)4-6(20)19-12-10(16)8(14)7(13)9(15)11(12)17/h5,18H,3-4H2,1-2H3,(H,19,20). The van der Waals surface area contributed by atoms with E-state index in [2.05, 4.69) is 5.32 Å². The third kappa shape index (κ3) is 3.44. The van der Waals surface area contributed by atoms with Crippen molar-refractivity contribution in [3.05, 3.63) is 29.1 Å². The Morgan fingerprint density at radius 2 is 1.45 bits per heavy atom. The number of carbonyl (C=O) groups is 1. The van der Waals surface area contributed by atoms with Crippen LogP contribution in [0.1, 0.15) is 20.3 Å². The fourth-order valence-corrected chi connectivity index (χ4v) is 1.60. The van der Waals surface area contributed by atoms with Gasteiger partial charge in [0.2, 0.25) is 11.7 Å². The van der Waals surface area contributed by atoms with Gasteiger partial charge in [-0.3, -0.25) is 4.79 Å². The van der Waals surface area contributed by atoms with Crippen molar-refractivity contribution >= 4 is 11.6 Å². The Hall–Kier alpha value is -1.70. The van der Waals surface area contributed by atoms with Crippen molar-refractivity contribution in [2.75, 3.05) is 11.9 Å². The highest BCUT2D eigenvalue weighted by molar-refractivity contribution is 5.91. The molecule has 0 heterocycles. The SMILES string of the molecule is CCNC(C)CC(=O)Nc1c(F)c(F)c(F)c(F)c1F. The minimum Gasteiger partial charge on any atom is -0.321 e. The minimum absolute atomic E-state index is 0.173. The first-order valence-electron chi connectivity index (χ1n) is 5.84. The van der Waals surface area contributed by atoms with Crippen LogP contribution in [-0.2, 0) is 4.79 Å². The van der Waals surface area contributed by atoms with E-state index in [1.807, 2.05) is 0 Å². The maximum Gasteiger partial charge on any atom is 0.226 e. The zero-order valence-corrected chi connectivity index (χ0v) is 10.8. The lowest BCUT2D eigenvalue weighted by Gasteiger charge is -2.13. The van der Waals surface area contributed by atoms with Crippen molar-refractivity contribution in [3.8, 4) is 0 Å². The Bertz CT molecular complexity index is 492. The number of nitrogens with one attached hydrogen (secondary N) is 2. The van der Waals surface area contributed by atoms with Gasteiger partial charge in [-0.25, -0.2) is 22.0 Å². The van der Waals surface area contributed by atoms with Crippen LogP contribution in [-0.4, -0.2) is 18.5 Å². The molecule has 0 bridgehead atoms. The predicted molar refractivity (Wildman–Crippen MR) is 62.6 cm³/mol. The quantitative estimate of drug-likeness (QED) is 0.498. The second-order valence-corrected chi connectivity index (χ2v) is 4.16. The number of hydrogen-bond acceptors (Lipinski definition) is 2. The van der Waals surface area contributed by atoms with E-state index in [0.717, 1.165) is 0 Å². The van der Waals surface area contributed by atoms with Crippen LogP contribution in [0, 0.1) is 29.1 Å². The molecule has 0 aliphatic carbocycles. The molecule has 0 fully saturated rings. The van der Waals surface area contributed by atoms with Crippen LogP contribution in [0.4, 0.5) is 27.6 Å². The van der Waals surface area contributed by atoms with Gasteiger partial charge in [-0.05, 0) is 13.5 Å². The Morgan fingerprint density at radius 3 is 1.90 bits per heavy atom. The third-order valence-electron chi connectivity index (χ3n) is 2.52. The lowest BCUT2D eigenvalue weighted by atomic mass is 10.2. The van der Waals surface area contributed by atoms with Gasteiger partial charge in [-0.2, -0.15) is 0 Å². The molecule has 0 saturated heterocycles. The molecule has 3 nitrogen and oxygen atoms in total. The number of benzene rings is 1. The Kier molecular flexibility index (Phi) is 5.43. The molecule has 1 aromatic carbocycles. The van der Waals surface area contributed by atoms with Crippen LogP contribution < -0.4 is 10.6 Å². The molecule has 0 saturated carbocycles. The molecule has 20 heavy (non-hydrogen) atoms. The van der Waals surface area contributed by atoms with Gasteiger partial charge >= 0.3 is 0 Å². The molecular formula is C12H13F5N2O. The first-order valence-corrected chi connectivity index (χ1v) is 5.84. The topological polar surface area (TPSA) is 41.1 Å². The zero-order chi connectivity index (χ0) is 15.4. The van der Waals surface area contributed by atoms with E-state index in [-0.39, 0.29) is 12.5 Å². The maximum atomic E-state index is 13.3. The summed E-state index contributed by atoms with van der Waals surface area (Å²) in [6, 6.07) is -0.304. The second kappa shape index (κ2) is 6.65. The highest BCUT2D eigenvalue weighted by Gasteiger charge is 2.26. The number of hydrogen-bond donors (Lipinski definition) is 2. The summed E-state index contributed by atoms with van der Waals surface area (Å²) in [5.41, 5.74) is -1.34. The molecular weight excluding hydrogens is 283 g/mol. The number of carbonyl (C=O) groups excluding carboxylic acids is 1. The first-order chi connectivity index (χ1) is 9.29. The van der Waals surface area contributed by atoms with Crippen LogP contribution in [0.3, 0.4) is 0 Å². The maximum absolute atomic E-state index is 13.3. The van der Waals surface area contributed by atoms with E-state index in [0.29, 0.717) is 6.54 Å². The molecule has 1 amide bonds. The summed E-state index contributed by atoms with van der Waals surface area (Å²) in [5, 5.41) is 4.57. The Labute approximate surface area is 112 Å². The molecule has 0 aliphatic rings. The fourth-order valence-electron chi connectivity index (χ4n) is 1.60. The van der Waals surface area contributed by atoms with Gasteiger partial charge in [0.05, 0.1) is 0 Å². The van der Waals surface area contributed by atoms with E-state index in [4.69, 9.17) is 0 Å². The summed E-state index contributed by atoms with van der Waals surface area (Å²) >= 11 is 0. The van der Waals surface area contributed by atoms with Crippen LogP contribution in [0.2, 0.25) is 0 Å². The van der Waals surface area contributed by atoms with Crippen LogP contribution in [0.15, 0.2) is 0 Å². The monoisotopic (exact) mass is 296 g/mol. The lowest BCUT2D eigenvalue weighted by Crippen LogP contribution is -2.30. The lowest BCUT2D eigenvalue weighted by molar-refractivity contribution is -0.116. The molecule has 0 aromatic heterocycles. The molecule has 1 unspecified atom stereocenters. The van der Waals surface area contributed by atoms with Crippen molar-refractivity contribution < 1.29 is 26.7 Å². The van der Waals surface area contributed by atoms with Crippen molar-refractivity contribution in [1.29, 1.82) is 0 Å². The number of amides is 1. The molecule has 1 rings (SSSR count). The van der Waals surface area contributed by atoms with E-state index >= 15 is 0 Å². The van der Waals surface area contributed by atoms with Gasteiger partial charge in [-0.1, -0.05) is 6.92 Å². The Morgan fingerprint density at radius 1 is 1.00 bits per heavy atom. The van der Waals surface area contributed by atoms with Gasteiger partial charge in [0, 0.05) is 12.5 Å². The van der Waals surface area contributed by atoms with Crippen molar-refractivity contribution in [2.24, 2.45) is 0 Å². The highest BCUT2D eigenvalue weighted by Crippen LogP contribution is 2.27. The molecule has 1 aromatic rings. The van der Waals surface area contributed by atoms with Crippen molar-refractivity contribution in [3.63, 3.8) is 0 Å². The largest absolute Gasteiger partial charge is 0.321 e. The van der Waals surface area contributed by atoms with Gasteiger partial charge < -0.3 is 10.6 Å². The fraction of sp³-hybridized carbons (Fsp3) is 0.417. The second-order valence-electron chi connectivity index (χ2n) is 4.16. The zero-order valence-electron chi connectivity index (χ0n) is 10.8. The molecule has 8 heteroatoms. The molecule has 0 radical (unpaired) electrons. The van der Waals surface area contributed by atoms with Crippen molar-refractivity contribution in [1.82, 2.24) is 5.32 Å². The van der Waals surface area contributed by atoms with Gasteiger partial charge in [0.25, 0.3) is 0 Å².